The average Bonchev–Trinajstić information content (AvgIpc) is 2.59. The summed E-state index contributed by atoms with van der Waals surface area (Å²) in [6.45, 7) is 6.40. The summed E-state index contributed by atoms with van der Waals surface area (Å²) in [6, 6.07) is 0. The van der Waals surface area contributed by atoms with E-state index in [1.807, 2.05) is 6.92 Å². The molecule has 6 heteroatoms. The first kappa shape index (κ1) is 17.1. The minimum absolute atomic E-state index is 0.198. The van der Waals surface area contributed by atoms with Gasteiger partial charge < -0.3 is 14.5 Å². The van der Waals surface area contributed by atoms with E-state index < -0.39 is 0 Å². The van der Waals surface area contributed by atoms with Gasteiger partial charge in [-0.25, -0.2) is 4.98 Å². The molecule has 2 saturated heterocycles. The Kier molecular flexibility index (Phi) is 5.33. The predicted molar refractivity (Wildman–Crippen MR) is 93.0 cm³/mol. The van der Waals surface area contributed by atoms with E-state index in [-0.39, 0.29) is 5.41 Å². The monoisotopic (exact) mass is 332 g/mol. The number of rotatable bonds is 5. The van der Waals surface area contributed by atoms with E-state index in [0.29, 0.717) is 18.9 Å². The number of aromatic nitrogens is 2. The molecule has 0 radical (unpaired) electrons. The number of amides is 1. The molecule has 24 heavy (non-hydrogen) atoms. The standard InChI is InChI=1S/C18H28N4O2/c1-15-17(20-9-8-19-15)22-10-3-6-18(14-22)7-5-16(23)21(13-18)11-4-12-24-2/h8-9H,3-7,10-14H2,1-2H3. The van der Waals surface area contributed by atoms with Crippen molar-refractivity contribution in [3.63, 3.8) is 0 Å². The van der Waals surface area contributed by atoms with Crippen LogP contribution in [0.2, 0.25) is 0 Å². The van der Waals surface area contributed by atoms with E-state index in [2.05, 4.69) is 19.8 Å². The maximum absolute atomic E-state index is 12.3. The van der Waals surface area contributed by atoms with Crippen molar-refractivity contribution in [2.24, 2.45) is 5.41 Å². The van der Waals surface area contributed by atoms with Gasteiger partial charge in [-0.3, -0.25) is 9.78 Å². The third-order valence-corrected chi connectivity index (χ3v) is 5.34. The number of hydrogen-bond donors (Lipinski definition) is 0. The molecule has 0 bridgehead atoms. The first-order valence-electron chi connectivity index (χ1n) is 8.93. The number of carbonyl (C=O) groups excluding carboxylic acids is 1. The second-order valence-corrected chi connectivity index (χ2v) is 7.15. The molecule has 0 aliphatic carbocycles. The Balaban J connectivity index is 1.70. The van der Waals surface area contributed by atoms with Crippen molar-refractivity contribution in [3.05, 3.63) is 18.1 Å². The zero-order valence-electron chi connectivity index (χ0n) is 14.8. The number of likely N-dealkylation sites (tertiary alicyclic amines) is 1. The minimum Gasteiger partial charge on any atom is -0.385 e. The van der Waals surface area contributed by atoms with Gasteiger partial charge in [0.25, 0.3) is 0 Å². The molecule has 3 rings (SSSR count). The summed E-state index contributed by atoms with van der Waals surface area (Å²) in [5, 5.41) is 0. The number of piperidine rings is 2. The summed E-state index contributed by atoms with van der Waals surface area (Å²) >= 11 is 0. The van der Waals surface area contributed by atoms with Crippen molar-refractivity contribution in [1.82, 2.24) is 14.9 Å². The molecule has 0 N–H and O–H groups in total. The van der Waals surface area contributed by atoms with E-state index in [1.54, 1.807) is 19.5 Å². The van der Waals surface area contributed by atoms with E-state index in [4.69, 9.17) is 4.74 Å². The summed E-state index contributed by atoms with van der Waals surface area (Å²) < 4.78 is 5.13. The summed E-state index contributed by atoms with van der Waals surface area (Å²) in [7, 11) is 1.71. The molecule has 2 fully saturated rings. The molecule has 1 amide bonds. The van der Waals surface area contributed by atoms with Crippen LogP contribution in [-0.4, -0.2) is 60.7 Å². The molecule has 1 aromatic heterocycles. The van der Waals surface area contributed by atoms with Crippen LogP contribution < -0.4 is 4.90 Å². The van der Waals surface area contributed by atoms with Crippen LogP contribution in [0, 0.1) is 12.3 Å². The fourth-order valence-electron chi connectivity index (χ4n) is 4.14. The van der Waals surface area contributed by atoms with Gasteiger partial charge in [0.1, 0.15) is 5.82 Å². The maximum atomic E-state index is 12.3. The average molecular weight is 332 g/mol. The van der Waals surface area contributed by atoms with Crippen LogP contribution in [0.3, 0.4) is 0 Å². The van der Waals surface area contributed by atoms with Crippen molar-refractivity contribution in [3.8, 4) is 0 Å². The van der Waals surface area contributed by atoms with Crippen LogP contribution in [0.25, 0.3) is 0 Å². The molecule has 0 saturated carbocycles. The van der Waals surface area contributed by atoms with Gasteiger partial charge >= 0.3 is 0 Å². The van der Waals surface area contributed by atoms with Crippen LogP contribution in [0.5, 0.6) is 0 Å². The quantitative estimate of drug-likeness (QED) is 0.772. The number of aryl methyl sites for hydroxylation is 1. The Labute approximate surface area is 144 Å². The van der Waals surface area contributed by atoms with E-state index in [9.17, 15) is 4.79 Å². The zero-order chi connectivity index (χ0) is 17.0. The topological polar surface area (TPSA) is 58.6 Å². The highest BCUT2D eigenvalue weighted by Crippen LogP contribution is 2.40. The van der Waals surface area contributed by atoms with Crippen molar-refractivity contribution in [2.45, 2.75) is 39.0 Å². The van der Waals surface area contributed by atoms with Crippen LogP contribution in [0.4, 0.5) is 5.82 Å². The lowest BCUT2D eigenvalue weighted by atomic mass is 9.73. The fourth-order valence-corrected chi connectivity index (χ4v) is 4.14. The summed E-state index contributed by atoms with van der Waals surface area (Å²) in [4.78, 5) is 25.6. The Morgan fingerprint density at radius 1 is 1.25 bits per heavy atom. The van der Waals surface area contributed by atoms with E-state index in [0.717, 1.165) is 57.0 Å². The second-order valence-electron chi connectivity index (χ2n) is 7.15. The summed E-state index contributed by atoms with van der Waals surface area (Å²) in [5.41, 5.74) is 1.18. The lowest BCUT2D eigenvalue weighted by molar-refractivity contribution is -0.138. The highest BCUT2D eigenvalue weighted by molar-refractivity contribution is 5.77. The van der Waals surface area contributed by atoms with Crippen molar-refractivity contribution in [1.29, 1.82) is 0 Å². The van der Waals surface area contributed by atoms with Gasteiger partial charge in [-0.2, -0.15) is 0 Å². The Morgan fingerprint density at radius 3 is 2.88 bits per heavy atom. The highest BCUT2D eigenvalue weighted by Gasteiger charge is 2.42. The number of anilines is 1. The van der Waals surface area contributed by atoms with Gasteiger partial charge in [-0.05, 0) is 32.6 Å². The molecule has 3 heterocycles. The van der Waals surface area contributed by atoms with E-state index in [1.165, 1.54) is 6.42 Å². The SMILES string of the molecule is COCCCN1CC2(CCCN(c3nccnc3C)C2)CCC1=O. The number of nitrogens with zero attached hydrogens (tertiary/aromatic N) is 4. The molecule has 132 valence electrons. The fraction of sp³-hybridized carbons (Fsp3) is 0.722. The summed E-state index contributed by atoms with van der Waals surface area (Å²) in [5.74, 6) is 1.30. The normalized spacial score (nSPS) is 24.7. The van der Waals surface area contributed by atoms with Crippen molar-refractivity contribution >= 4 is 11.7 Å². The van der Waals surface area contributed by atoms with Crippen molar-refractivity contribution < 1.29 is 9.53 Å². The largest absolute Gasteiger partial charge is 0.385 e. The zero-order valence-corrected chi connectivity index (χ0v) is 14.8. The van der Waals surface area contributed by atoms with Gasteiger partial charge in [0.2, 0.25) is 5.91 Å². The molecule has 1 atom stereocenters. The second kappa shape index (κ2) is 7.47. The molecular formula is C18H28N4O2. The van der Waals surface area contributed by atoms with Crippen LogP contribution >= 0.6 is 0 Å². The number of methoxy groups -OCH3 is 1. The number of carbonyl (C=O) groups is 1. The smallest absolute Gasteiger partial charge is 0.222 e. The molecule has 0 aromatic carbocycles. The third kappa shape index (κ3) is 3.69. The highest BCUT2D eigenvalue weighted by atomic mass is 16.5. The molecule has 1 unspecified atom stereocenters. The van der Waals surface area contributed by atoms with Crippen LogP contribution in [0.1, 0.15) is 37.8 Å². The summed E-state index contributed by atoms with van der Waals surface area (Å²) in [6.07, 6.45) is 8.42. The van der Waals surface area contributed by atoms with Gasteiger partial charge in [0, 0.05) is 64.1 Å². The van der Waals surface area contributed by atoms with Gasteiger partial charge in [-0.15, -0.1) is 0 Å². The van der Waals surface area contributed by atoms with Gasteiger partial charge in [0.05, 0.1) is 5.69 Å². The van der Waals surface area contributed by atoms with E-state index >= 15 is 0 Å². The predicted octanol–water partition coefficient (Wildman–Crippen LogP) is 2.03. The Morgan fingerprint density at radius 2 is 2.08 bits per heavy atom. The first-order chi connectivity index (χ1) is 11.6. The molecule has 2 aliphatic rings. The number of ether oxygens (including phenoxy) is 1. The van der Waals surface area contributed by atoms with Crippen molar-refractivity contribution in [2.75, 3.05) is 44.8 Å². The third-order valence-electron chi connectivity index (χ3n) is 5.34. The van der Waals surface area contributed by atoms with Crippen LogP contribution in [-0.2, 0) is 9.53 Å². The lowest BCUT2D eigenvalue weighted by Crippen LogP contribution is -2.54. The van der Waals surface area contributed by atoms with Crippen LogP contribution in [0.15, 0.2) is 12.4 Å². The molecule has 1 spiro atoms. The molecule has 6 nitrogen and oxygen atoms in total. The lowest BCUT2D eigenvalue weighted by Gasteiger charge is -2.48. The Hall–Kier alpha value is -1.69. The first-order valence-corrected chi connectivity index (χ1v) is 8.93. The molecule has 2 aliphatic heterocycles. The number of hydrogen-bond acceptors (Lipinski definition) is 5. The molecule has 1 aromatic rings. The maximum Gasteiger partial charge on any atom is 0.222 e. The van der Waals surface area contributed by atoms with Gasteiger partial charge in [0.15, 0.2) is 0 Å². The van der Waals surface area contributed by atoms with Gasteiger partial charge in [-0.1, -0.05) is 0 Å². The minimum atomic E-state index is 0.198. The Bertz CT molecular complexity index is 580. The molecular weight excluding hydrogens is 304 g/mol.